The van der Waals surface area contributed by atoms with Crippen LogP contribution >= 0.6 is 11.3 Å². The molecular weight excluding hydrogens is 357 g/mol. The molecule has 0 bridgehead atoms. The second-order valence-corrected chi connectivity index (χ2v) is 7.61. The first-order valence-electron chi connectivity index (χ1n) is 5.95. The SMILES string of the molecule is Cc1sc(S(=O)(=O)Nc2ccc(C(F)(F)F)cc2)cc1[N+](=O)[O-]. The number of hydrogen-bond donors (Lipinski definition) is 1. The molecular formula is C12H9F3N2O4S2. The molecule has 23 heavy (non-hydrogen) atoms. The Morgan fingerprint density at radius 2 is 1.78 bits per heavy atom. The molecule has 0 spiro atoms. The van der Waals surface area contributed by atoms with Crippen LogP contribution < -0.4 is 4.72 Å². The average molecular weight is 366 g/mol. The third-order valence-corrected chi connectivity index (χ3v) is 5.69. The van der Waals surface area contributed by atoms with Crippen LogP contribution in [0, 0.1) is 17.0 Å². The van der Waals surface area contributed by atoms with Gasteiger partial charge in [0.2, 0.25) is 0 Å². The van der Waals surface area contributed by atoms with Gasteiger partial charge in [0.15, 0.2) is 0 Å². The second kappa shape index (κ2) is 5.81. The maximum absolute atomic E-state index is 12.4. The number of anilines is 1. The fourth-order valence-corrected chi connectivity index (χ4v) is 4.16. The van der Waals surface area contributed by atoms with Gasteiger partial charge in [-0.2, -0.15) is 13.2 Å². The first kappa shape index (κ1) is 17.2. The van der Waals surface area contributed by atoms with Crippen LogP contribution in [0.2, 0.25) is 0 Å². The summed E-state index contributed by atoms with van der Waals surface area (Å²) in [4.78, 5) is 10.2. The van der Waals surface area contributed by atoms with Crippen molar-refractivity contribution in [2.75, 3.05) is 4.72 Å². The molecule has 6 nitrogen and oxygen atoms in total. The van der Waals surface area contributed by atoms with Crippen LogP contribution in [0.25, 0.3) is 0 Å². The average Bonchev–Trinajstić information content (AvgIpc) is 2.81. The fourth-order valence-electron chi connectivity index (χ4n) is 1.69. The van der Waals surface area contributed by atoms with Crippen molar-refractivity contribution in [3.63, 3.8) is 0 Å². The van der Waals surface area contributed by atoms with Gasteiger partial charge in [-0.3, -0.25) is 14.8 Å². The number of nitro groups is 1. The summed E-state index contributed by atoms with van der Waals surface area (Å²) in [5.74, 6) is 0. The minimum absolute atomic E-state index is 0.0771. The number of rotatable bonds is 4. The zero-order chi connectivity index (χ0) is 17.4. The number of aryl methyl sites for hydroxylation is 1. The zero-order valence-electron chi connectivity index (χ0n) is 11.4. The van der Waals surface area contributed by atoms with Crippen LogP contribution in [-0.2, 0) is 16.2 Å². The van der Waals surface area contributed by atoms with Crippen molar-refractivity contribution in [3.05, 3.63) is 50.9 Å². The monoisotopic (exact) mass is 366 g/mol. The van der Waals surface area contributed by atoms with Gasteiger partial charge in [0, 0.05) is 11.8 Å². The van der Waals surface area contributed by atoms with Crippen molar-refractivity contribution >= 4 is 32.7 Å². The lowest BCUT2D eigenvalue weighted by Gasteiger charge is -2.09. The summed E-state index contributed by atoms with van der Waals surface area (Å²) in [5, 5.41) is 10.7. The van der Waals surface area contributed by atoms with Gasteiger partial charge in [0.05, 0.1) is 15.4 Å². The van der Waals surface area contributed by atoms with E-state index in [2.05, 4.69) is 4.72 Å². The largest absolute Gasteiger partial charge is 0.416 e. The Morgan fingerprint density at radius 3 is 2.22 bits per heavy atom. The predicted octanol–water partition coefficient (Wildman–Crippen LogP) is 3.78. The highest BCUT2D eigenvalue weighted by atomic mass is 32.2. The summed E-state index contributed by atoms with van der Waals surface area (Å²) in [6.07, 6.45) is -4.52. The molecule has 124 valence electrons. The van der Waals surface area contributed by atoms with E-state index >= 15 is 0 Å². The molecule has 2 aromatic rings. The molecule has 0 amide bonds. The van der Waals surface area contributed by atoms with Crippen LogP contribution in [0.3, 0.4) is 0 Å². The van der Waals surface area contributed by atoms with E-state index in [-0.39, 0.29) is 20.5 Å². The molecule has 0 aliphatic rings. The highest BCUT2D eigenvalue weighted by Crippen LogP contribution is 2.33. The van der Waals surface area contributed by atoms with Crippen molar-refractivity contribution in [2.45, 2.75) is 17.3 Å². The molecule has 1 aromatic heterocycles. The lowest BCUT2D eigenvalue weighted by Crippen LogP contribution is -2.12. The van der Waals surface area contributed by atoms with Crippen molar-refractivity contribution in [3.8, 4) is 0 Å². The molecule has 1 aromatic carbocycles. The third kappa shape index (κ3) is 3.79. The van der Waals surface area contributed by atoms with E-state index in [0.29, 0.717) is 11.3 Å². The van der Waals surface area contributed by atoms with Gasteiger partial charge >= 0.3 is 6.18 Å². The second-order valence-electron chi connectivity index (χ2n) is 4.44. The summed E-state index contributed by atoms with van der Waals surface area (Å²) in [5.41, 5.74) is -1.32. The van der Waals surface area contributed by atoms with E-state index in [1.54, 1.807) is 0 Å². The molecule has 0 saturated carbocycles. The quantitative estimate of drug-likeness (QED) is 0.659. The van der Waals surface area contributed by atoms with E-state index in [0.717, 1.165) is 30.3 Å². The number of hydrogen-bond acceptors (Lipinski definition) is 5. The number of thiophene rings is 1. The lowest BCUT2D eigenvalue weighted by atomic mass is 10.2. The van der Waals surface area contributed by atoms with Crippen LogP contribution in [0.15, 0.2) is 34.5 Å². The van der Waals surface area contributed by atoms with Crippen molar-refractivity contribution in [1.82, 2.24) is 0 Å². The normalized spacial score (nSPS) is 12.2. The topological polar surface area (TPSA) is 89.3 Å². The highest BCUT2D eigenvalue weighted by Gasteiger charge is 2.30. The van der Waals surface area contributed by atoms with Gasteiger partial charge in [-0.05, 0) is 31.2 Å². The van der Waals surface area contributed by atoms with E-state index in [1.807, 2.05) is 0 Å². The molecule has 0 aliphatic heterocycles. The molecule has 1 N–H and O–H groups in total. The number of sulfonamides is 1. The summed E-state index contributed by atoms with van der Waals surface area (Å²) in [6, 6.07) is 4.32. The standard InChI is InChI=1S/C12H9F3N2O4S2/c1-7-10(17(18)19)6-11(22-7)23(20,21)16-9-4-2-8(3-5-9)12(13,14)15/h2-6,16H,1H3. The van der Waals surface area contributed by atoms with E-state index in [9.17, 15) is 31.7 Å². The van der Waals surface area contributed by atoms with E-state index < -0.39 is 26.7 Å². The zero-order valence-corrected chi connectivity index (χ0v) is 13.1. The lowest BCUT2D eigenvalue weighted by molar-refractivity contribution is -0.385. The van der Waals surface area contributed by atoms with Gasteiger partial charge in [0.25, 0.3) is 15.7 Å². The molecule has 0 aliphatic carbocycles. The van der Waals surface area contributed by atoms with Gasteiger partial charge < -0.3 is 0 Å². The van der Waals surface area contributed by atoms with E-state index in [4.69, 9.17) is 0 Å². The molecule has 11 heteroatoms. The number of alkyl halides is 3. The maximum Gasteiger partial charge on any atom is 0.416 e. The summed E-state index contributed by atoms with van der Waals surface area (Å²) in [6.45, 7) is 1.40. The van der Waals surface area contributed by atoms with Crippen molar-refractivity contribution < 1.29 is 26.5 Å². The van der Waals surface area contributed by atoms with E-state index in [1.165, 1.54) is 6.92 Å². The third-order valence-electron chi connectivity index (χ3n) is 2.79. The fraction of sp³-hybridized carbons (Fsp3) is 0.167. The van der Waals surface area contributed by atoms with Crippen LogP contribution in [-0.4, -0.2) is 13.3 Å². The molecule has 0 fully saturated rings. The Kier molecular flexibility index (Phi) is 4.35. The minimum atomic E-state index is -4.52. The van der Waals surface area contributed by atoms with Gasteiger partial charge in [-0.1, -0.05) is 0 Å². The van der Waals surface area contributed by atoms with Crippen LogP contribution in [0.4, 0.5) is 24.5 Å². The van der Waals surface area contributed by atoms with Crippen LogP contribution in [0.5, 0.6) is 0 Å². The van der Waals surface area contributed by atoms with Gasteiger partial charge in [-0.15, -0.1) is 11.3 Å². The van der Waals surface area contributed by atoms with Crippen molar-refractivity contribution in [1.29, 1.82) is 0 Å². The number of benzene rings is 1. The Morgan fingerprint density at radius 1 is 1.22 bits per heavy atom. The number of nitrogens with zero attached hydrogens (tertiary/aromatic N) is 1. The summed E-state index contributed by atoms with van der Waals surface area (Å²) < 4.78 is 63.4. The predicted molar refractivity (Wildman–Crippen MR) is 78.0 cm³/mol. The maximum atomic E-state index is 12.4. The smallest absolute Gasteiger partial charge is 0.279 e. The number of halogens is 3. The minimum Gasteiger partial charge on any atom is -0.279 e. The summed E-state index contributed by atoms with van der Waals surface area (Å²) in [7, 11) is -4.11. The molecule has 0 unspecified atom stereocenters. The van der Waals surface area contributed by atoms with Crippen molar-refractivity contribution in [2.24, 2.45) is 0 Å². The Hall–Kier alpha value is -2.14. The first-order chi connectivity index (χ1) is 10.5. The number of nitrogens with one attached hydrogen (secondary N) is 1. The van der Waals surface area contributed by atoms with Gasteiger partial charge in [-0.25, -0.2) is 8.42 Å². The molecule has 0 saturated heterocycles. The van der Waals surface area contributed by atoms with Gasteiger partial charge in [0.1, 0.15) is 4.21 Å². The first-order valence-corrected chi connectivity index (χ1v) is 8.25. The summed E-state index contributed by atoms with van der Waals surface area (Å²) >= 11 is 0.704. The Bertz CT molecular complexity index is 842. The Labute approximate surface area is 132 Å². The highest BCUT2D eigenvalue weighted by molar-refractivity contribution is 7.94. The molecule has 0 atom stereocenters. The molecule has 1 heterocycles. The molecule has 0 radical (unpaired) electrons. The van der Waals surface area contributed by atoms with Crippen LogP contribution in [0.1, 0.15) is 10.4 Å². The molecule has 2 rings (SSSR count). The Balaban J connectivity index is 2.28.